The van der Waals surface area contributed by atoms with Crippen LogP contribution < -0.4 is 0 Å². The summed E-state index contributed by atoms with van der Waals surface area (Å²) in [4.78, 5) is 0. The maximum Gasteiger partial charge on any atom is 0.0831 e. The van der Waals surface area contributed by atoms with Gasteiger partial charge in [0.25, 0.3) is 0 Å². The van der Waals surface area contributed by atoms with Gasteiger partial charge in [-0.05, 0) is 35.8 Å². The van der Waals surface area contributed by atoms with E-state index in [1.807, 2.05) is 24.3 Å². The molecule has 0 spiro atoms. The molecule has 18 heavy (non-hydrogen) atoms. The largest absolute Gasteiger partial charge is 0.388 e. The molecule has 2 nitrogen and oxygen atoms in total. The summed E-state index contributed by atoms with van der Waals surface area (Å²) in [5.41, 5.74) is 1.87. The summed E-state index contributed by atoms with van der Waals surface area (Å²) in [5.74, 6) is 1.30. The van der Waals surface area contributed by atoms with Crippen molar-refractivity contribution in [3.05, 3.63) is 47.5 Å². The van der Waals surface area contributed by atoms with Gasteiger partial charge < -0.3 is 10.2 Å². The predicted octanol–water partition coefficient (Wildman–Crippen LogP) is 2.60. The molecule has 94 valence electrons. The molecular weight excluding hydrogens is 224 g/mol. The molecule has 0 amide bonds. The Morgan fingerprint density at radius 1 is 0.778 bits per heavy atom. The smallest absolute Gasteiger partial charge is 0.0831 e. The SMILES string of the molecule is O[C@@H]1c2ccccc2[C@H](O)[C@@H]2[C@@H]1[C@H]1C=C[C@H]2CC1. The zero-order valence-corrected chi connectivity index (χ0v) is 10.2. The van der Waals surface area contributed by atoms with Crippen molar-refractivity contribution in [1.29, 1.82) is 0 Å². The second-order valence-corrected chi connectivity index (χ2v) is 5.96. The summed E-state index contributed by atoms with van der Waals surface area (Å²) >= 11 is 0. The molecule has 2 bridgehead atoms. The van der Waals surface area contributed by atoms with Crippen LogP contribution in [0.1, 0.15) is 36.2 Å². The van der Waals surface area contributed by atoms with Crippen LogP contribution in [-0.2, 0) is 0 Å². The number of fused-ring (bicyclic) bond motifs is 2. The molecule has 2 N–H and O–H groups in total. The van der Waals surface area contributed by atoms with Crippen molar-refractivity contribution >= 4 is 0 Å². The third-order valence-corrected chi connectivity index (χ3v) is 5.23. The molecule has 0 aliphatic heterocycles. The predicted molar refractivity (Wildman–Crippen MR) is 68.7 cm³/mol. The first-order valence-electron chi connectivity index (χ1n) is 6.90. The van der Waals surface area contributed by atoms with Crippen LogP contribution in [0.25, 0.3) is 0 Å². The minimum atomic E-state index is -0.410. The number of hydrogen-bond acceptors (Lipinski definition) is 2. The van der Waals surface area contributed by atoms with Gasteiger partial charge in [0.15, 0.2) is 0 Å². The van der Waals surface area contributed by atoms with Crippen LogP contribution in [0.4, 0.5) is 0 Å². The van der Waals surface area contributed by atoms with Crippen molar-refractivity contribution in [2.24, 2.45) is 23.7 Å². The van der Waals surface area contributed by atoms with Gasteiger partial charge in [0.1, 0.15) is 0 Å². The van der Waals surface area contributed by atoms with Crippen LogP contribution >= 0.6 is 0 Å². The van der Waals surface area contributed by atoms with Gasteiger partial charge in [-0.2, -0.15) is 0 Å². The Morgan fingerprint density at radius 2 is 1.22 bits per heavy atom. The Labute approximate surface area is 107 Å². The highest BCUT2D eigenvalue weighted by molar-refractivity contribution is 5.37. The summed E-state index contributed by atoms with van der Waals surface area (Å²) < 4.78 is 0. The minimum Gasteiger partial charge on any atom is -0.388 e. The van der Waals surface area contributed by atoms with Gasteiger partial charge in [-0.3, -0.25) is 0 Å². The van der Waals surface area contributed by atoms with Crippen molar-refractivity contribution < 1.29 is 10.2 Å². The van der Waals surface area contributed by atoms with Gasteiger partial charge in [-0.25, -0.2) is 0 Å². The highest BCUT2D eigenvalue weighted by Gasteiger charge is 2.51. The van der Waals surface area contributed by atoms with Crippen molar-refractivity contribution in [3.8, 4) is 0 Å². The molecular formula is C16H18O2. The lowest BCUT2D eigenvalue weighted by Crippen LogP contribution is -2.46. The van der Waals surface area contributed by atoms with Gasteiger partial charge in [0.2, 0.25) is 0 Å². The molecule has 2 heteroatoms. The van der Waals surface area contributed by atoms with E-state index < -0.39 is 12.2 Å². The standard InChI is InChI=1S/C16H18O2/c17-15-11-3-1-2-4-12(11)16(18)14-10-7-5-9(6-8-10)13(14)15/h1-5,7,9-10,13-18H,6,8H2/t9-,10-,13-,14-,15-,16+/m0/s1. The summed E-state index contributed by atoms with van der Waals surface area (Å²) in [6, 6.07) is 7.83. The minimum absolute atomic E-state index is 0.207. The summed E-state index contributed by atoms with van der Waals surface area (Å²) in [7, 11) is 0. The van der Waals surface area contributed by atoms with Gasteiger partial charge in [-0.1, -0.05) is 36.4 Å². The molecule has 0 heterocycles. The third-order valence-electron chi connectivity index (χ3n) is 5.23. The second kappa shape index (κ2) is 3.69. The van der Waals surface area contributed by atoms with Crippen LogP contribution in [0.3, 0.4) is 0 Å². The normalized spacial score (nSPS) is 44.6. The topological polar surface area (TPSA) is 40.5 Å². The van der Waals surface area contributed by atoms with Crippen molar-refractivity contribution in [2.45, 2.75) is 25.0 Å². The van der Waals surface area contributed by atoms with Crippen LogP contribution in [0.15, 0.2) is 36.4 Å². The van der Waals surface area contributed by atoms with E-state index in [1.54, 1.807) is 0 Å². The lowest BCUT2D eigenvalue weighted by molar-refractivity contribution is -0.0778. The monoisotopic (exact) mass is 242 g/mol. The number of benzene rings is 1. The zero-order chi connectivity index (χ0) is 12.3. The van der Waals surface area contributed by atoms with E-state index in [4.69, 9.17) is 0 Å². The fourth-order valence-electron chi connectivity index (χ4n) is 4.43. The average molecular weight is 242 g/mol. The van der Waals surface area contributed by atoms with Crippen LogP contribution in [0.2, 0.25) is 0 Å². The van der Waals surface area contributed by atoms with Gasteiger partial charge in [0, 0.05) is 11.8 Å². The van der Waals surface area contributed by atoms with E-state index in [9.17, 15) is 10.2 Å². The lowest BCUT2D eigenvalue weighted by atomic mass is 9.55. The Kier molecular flexibility index (Phi) is 2.21. The fourth-order valence-corrected chi connectivity index (χ4v) is 4.43. The highest BCUT2D eigenvalue weighted by Crippen LogP contribution is 2.57. The number of rotatable bonds is 0. The van der Waals surface area contributed by atoms with E-state index in [-0.39, 0.29) is 11.8 Å². The van der Waals surface area contributed by atoms with Crippen LogP contribution in [-0.4, -0.2) is 10.2 Å². The van der Waals surface area contributed by atoms with Crippen molar-refractivity contribution in [2.75, 3.05) is 0 Å². The molecule has 4 aliphatic carbocycles. The summed E-state index contributed by atoms with van der Waals surface area (Å²) in [5, 5.41) is 21.3. The molecule has 0 saturated heterocycles. The molecule has 4 aliphatic rings. The van der Waals surface area contributed by atoms with Crippen LogP contribution in [0, 0.1) is 23.7 Å². The van der Waals surface area contributed by atoms with E-state index in [0.717, 1.165) is 24.0 Å². The molecule has 1 aromatic rings. The fraction of sp³-hybridized carbons (Fsp3) is 0.500. The van der Waals surface area contributed by atoms with Gasteiger partial charge in [-0.15, -0.1) is 0 Å². The molecule has 5 rings (SSSR count). The first-order chi connectivity index (χ1) is 8.77. The Hall–Kier alpha value is -1.12. The number of aliphatic hydroxyl groups excluding tert-OH is 2. The molecule has 6 atom stereocenters. The lowest BCUT2D eigenvalue weighted by Gasteiger charge is -2.52. The van der Waals surface area contributed by atoms with Crippen molar-refractivity contribution in [1.82, 2.24) is 0 Å². The number of aliphatic hydroxyl groups is 2. The molecule has 0 radical (unpaired) electrons. The maximum absolute atomic E-state index is 10.7. The first kappa shape index (κ1) is 10.8. The van der Waals surface area contributed by atoms with E-state index in [0.29, 0.717) is 11.8 Å². The second-order valence-electron chi connectivity index (χ2n) is 5.96. The van der Waals surface area contributed by atoms with E-state index in [2.05, 4.69) is 12.2 Å². The highest BCUT2D eigenvalue weighted by atomic mass is 16.3. The zero-order valence-electron chi connectivity index (χ0n) is 10.2. The van der Waals surface area contributed by atoms with Crippen molar-refractivity contribution in [3.63, 3.8) is 0 Å². The molecule has 1 fully saturated rings. The first-order valence-corrected chi connectivity index (χ1v) is 6.90. The quantitative estimate of drug-likeness (QED) is 0.686. The van der Waals surface area contributed by atoms with Crippen LogP contribution in [0.5, 0.6) is 0 Å². The molecule has 0 aromatic heterocycles. The Morgan fingerprint density at radius 3 is 1.61 bits per heavy atom. The van der Waals surface area contributed by atoms with Gasteiger partial charge >= 0.3 is 0 Å². The molecule has 1 saturated carbocycles. The molecule has 1 aromatic carbocycles. The third kappa shape index (κ3) is 1.25. The van der Waals surface area contributed by atoms with E-state index >= 15 is 0 Å². The number of hydrogen-bond donors (Lipinski definition) is 2. The van der Waals surface area contributed by atoms with E-state index in [1.165, 1.54) is 0 Å². The number of allylic oxidation sites excluding steroid dienone is 2. The Bertz CT molecular complexity index is 463. The Balaban J connectivity index is 1.87. The maximum atomic E-state index is 10.7. The summed E-state index contributed by atoms with van der Waals surface area (Å²) in [6.45, 7) is 0. The molecule has 0 unspecified atom stereocenters. The van der Waals surface area contributed by atoms with Gasteiger partial charge in [0.05, 0.1) is 12.2 Å². The average Bonchev–Trinajstić information content (AvgIpc) is 2.45. The summed E-state index contributed by atoms with van der Waals surface area (Å²) in [6.07, 6.45) is 6.03.